The van der Waals surface area contributed by atoms with Gasteiger partial charge in [0, 0.05) is 31.2 Å². The second-order valence-electron chi connectivity index (χ2n) is 7.82. The number of aliphatic carboxylic acids is 1. The third kappa shape index (κ3) is 9.63. The van der Waals surface area contributed by atoms with E-state index in [0.717, 1.165) is 5.56 Å². The van der Waals surface area contributed by atoms with E-state index in [2.05, 4.69) is 25.9 Å². The van der Waals surface area contributed by atoms with Crippen molar-refractivity contribution in [2.75, 3.05) is 6.54 Å². The molecule has 13 heteroatoms. The lowest BCUT2D eigenvalue weighted by Crippen LogP contribution is -2.54. The highest BCUT2D eigenvalue weighted by atomic mass is 16.4. The van der Waals surface area contributed by atoms with Crippen LogP contribution in [0.25, 0.3) is 0 Å². The monoisotopic (exact) mass is 487 g/mol. The van der Waals surface area contributed by atoms with Crippen LogP contribution in [0, 0.1) is 0 Å². The lowest BCUT2D eigenvalue weighted by Gasteiger charge is -2.21. The van der Waals surface area contributed by atoms with Crippen LogP contribution >= 0.6 is 0 Å². The van der Waals surface area contributed by atoms with Crippen LogP contribution in [-0.4, -0.2) is 69.3 Å². The molecule has 1 aromatic heterocycles. The minimum atomic E-state index is -1.25. The van der Waals surface area contributed by atoms with Gasteiger partial charge in [-0.25, -0.2) is 9.78 Å². The van der Waals surface area contributed by atoms with E-state index in [9.17, 15) is 29.1 Å². The van der Waals surface area contributed by atoms with Gasteiger partial charge in [0.15, 0.2) is 0 Å². The molecule has 2 aromatic rings. The molecule has 13 nitrogen and oxygen atoms in total. The number of aromatic nitrogens is 2. The van der Waals surface area contributed by atoms with Gasteiger partial charge in [-0.1, -0.05) is 30.3 Å². The van der Waals surface area contributed by atoms with Gasteiger partial charge in [-0.05, 0) is 12.0 Å². The fraction of sp³-hybridized carbons (Fsp3) is 0.364. The Morgan fingerprint density at radius 3 is 2.31 bits per heavy atom. The smallest absolute Gasteiger partial charge is 0.326 e. The Morgan fingerprint density at radius 2 is 1.71 bits per heavy atom. The zero-order valence-electron chi connectivity index (χ0n) is 18.9. The van der Waals surface area contributed by atoms with Gasteiger partial charge < -0.3 is 37.5 Å². The summed E-state index contributed by atoms with van der Waals surface area (Å²) in [5.74, 6) is -3.91. The van der Waals surface area contributed by atoms with E-state index in [1.807, 2.05) is 0 Å². The first-order valence-electron chi connectivity index (χ1n) is 10.8. The van der Waals surface area contributed by atoms with Gasteiger partial charge in [0.05, 0.1) is 18.9 Å². The molecule has 3 atom stereocenters. The molecule has 0 aliphatic rings. The second kappa shape index (κ2) is 13.4. The summed E-state index contributed by atoms with van der Waals surface area (Å²) in [5.41, 5.74) is 12.1. The lowest BCUT2D eigenvalue weighted by atomic mass is 10.0. The van der Waals surface area contributed by atoms with Crippen LogP contribution in [-0.2, 0) is 36.8 Å². The Morgan fingerprint density at radius 1 is 1.00 bits per heavy atom. The Labute approximate surface area is 201 Å². The molecule has 0 saturated heterocycles. The Hall–Kier alpha value is -4.26. The van der Waals surface area contributed by atoms with Gasteiger partial charge in [0.2, 0.25) is 23.6 Å². The maximum Gasteiger partial charge on any atom is 0.326 e. The minimum absolute atomic E-state index is 0.0101. The van der Waals surface area contributed by atoms with Crippen molar-refractivity contribution >= 4 is 29.6 Å². The Balaban J connectivity index is 1.98. The number of carboxylic acids is 1. The van der Waals surface area contributed by atoms with Crippen molar-refractivity contribution in [1.29, 1.82) is 0 Å². The molecule has 4 amide bonds. The van der Waals surface area contributed by atoms with E-state index >= 15 is 0 Å². The average Bonchev–Trinajstić information content (AvgIpc) is 3.33. The standard InChI is InChI=1S/C22H29N7O6/c23-15(6-7-18(24)30)20(32)29-16(8-13-4-2-1-3-5-13)21(33)26-11-19(31)28-17(22(34)35)9-14-10-25-12-27-14/h1-5,10,12,15-17H,6-9,11,23H2,(H2,24,30)(H,25,27)(H,26,33)(H,28,31)(H,29,32)(H,34,35). The highest BCUT2D eigenvalue weighted by molar-refractivity contribution is 5.93. The van der Waals surface area contributed by atoms with E-state index in [-0.39, 0.29) is 25.7 Å². The first kappa shape index (κ1) is 27.0. The summed E-state index contributed by atoms with van der Waals surface area (Å²) in [6, 6.07) is 5.49. The minimum Gasteiger partial charge on any atom is -0.480 e. The third-order valence-corrected chi connectivity index (χ3v) is 4.99. The molecule has 0 fully saturated rings. The molecule has 0 saturated carbocycles. The number of nitrogens with two attached hydrogens (primary N) is 2. The Kier molecular flexibility index (Phi) is 10.4. The topological polar surface area (TPSA) is 222 Å². The number of imidazole rings is 1. The third-order valence-electron chi connectivity index (χ3n) is 4.99. The number of carbonyl (C=O) groups excluding carboxylic acids is 4. The predicted octanol–water partition coefficient (Wildman–Crippen LogP) is -2.04. The Bertz CT molecular complexity index is 1010. The maximum absolute atomic E-state index is 12.8. The van der Waals surface area contributed by atoms with Gasteiger partial charge in [-0.15, -0.1) is 0 Å². The zero-order chi connectivity index (χ0) is 25.8. The molecule has 35 heavy (non-hydrogen) atoms. The van der Waals surface area contributed by atoms with Crippen LogP contribution in [0.2, 0.25) is 0 Å². The van der Waals surface area contributed by atoms with E-state index < -0.39 is 54.3 Å². The lowest BCUT2D eigenvalue weighted by molar-refractivity contribution is -0.141. The molecular weight excluding hydrogens is 458 g/mol. The van der Waals surface area contributed by atoms with Gasteiger partial charge >= 0.3 is 5.97 Å². The summed E-state index contributed by atoms with van der Waals surface area (Å²) in [6.07, 6.45) is 2.83. The first-order chi connectivity index (χ1) is 16.7. The van der Waals surface area contributed by atoms with E-state index in [1.165, 1.54) is 12.5 Å². The quantitative estimate of drug-likeness (QED) is 0.157. The van der Waals surface area contributed by atoms with Crippen molar-refractivity contribution in [3.8, 4) is 0 Å². The molecule has 3 unspecified atom stereocenters. The van der Waals surface area contributed by atoms with Crippen LogP contribution in [0.5, 0.6) is 0 Å². The number of carbonyl (C=O) groups is 5. The molecule has 0 aliphatic heterocycles. The number of benzene rings is 1. The summed E-state index contributed by atoms with van der Waals surface area (Å²) in [7, 11) is 0. The SMILES string of the molecule is NC(=O)CCC(N)C(=O)NC(Cc1ccccc1)C(=O)NCC(=O)NC(Cc1cnc[nH]1)C(=O)O. The normalized spacial score (nSPS) is 13.2. The number of carboxylic acid groups (broad SMARTS) is 1. The summed E-state index contributed by atoms with van der Waals surface area (Å²) < 4.78 is 0. The van der Waals surface area contributed by atoms with E-state index in [4.69, 9.17) is 11.5 Å². The molecule has 0 bridgehead atoms. The fourth-order valence-corrected chi connectivity index (χ4v) is 3.12. The van der Waals surface area contributed by atoms with Crippen LogP contribution < -0.4 is 27.4 Å². The number of nitrogens with zero attached hydrogens (tertiary/aromatic N) is 1. The number of nitrogens with one attached hydrogen (secondary N) is 4. The molecule has 2 rings (SSSR count). The average molecular weight is 488 g/mol. The summed E-state index contributed by atoms with van der Waals surface area (Å²) >= 11 is 0. The number of amides is 4. The zero-order valence-corrected chi connectivity index (χ0v) is 18.9. The van der Waals surface area contributed by atoms with Crippen molar-refractivity contribution in [3.05, 3.63) is 54.1 Å². The number of rotatable bonds is 14. The van der Waals surface area contributed by atoms with Crippen molar-refractivity contribution in [2.45, 2.75) is 43.8 Å². The maximum atomic E-state index is 12.8. The highest BCUT2D eigenvalue weighted by Crippen LogP contribution is 2.05. The van der Waals surface area contributed by atoms with E-state index in [1.54, 1.807) is 30.3 Å². The van der Waals surface area contributed by atoms with Crippen molar-refractivity contribution in [3.63, 3.8) is 0 Å². The second-order valence-corrected chi connectivity index (χ2v) is 7.82. The molecule has 188 valence electrons. The molecule has 1 aromatic carbocycles. The molecule has 0 spiro atoms. The largest absolute Gasteiger partial charge is 0.480 e. The molecule has 0 aliphatic carbocycles. The van der Waals surface area contributed by atoms with Gasteiger partial charge in [0.25, 0.3) is 0 Å². The number of hydrogen-bond donors (Lipinski definition) is 7. The fourth-order valence-electron chi connectivity index (χ4n) is 3.12. The molecular formula is C22H29N7O6. The van der Waals surface area contributed by atoms with Gasteiger partial charge in [-0.2, -0.15) is 0 Å². The van der Waals surface area contributed by atoms with Crippen molar-refractivity contribution in [1.82, 2.24) is 25.9 Å². The molecule has 1 heterocycles. The highest BCUT2D eigenvalue weighted by Gasteiger charge is 2.26. The van der Waals surface area contributed by atoms with Gasteiger partial charge in [0.1, 0.15) is 12.1 Å². The summed E-state index contributed by atoms with van der Waals surface area (Å²) in [6.45, 7) is -0.513. The van der Waals surface area contributed by atoms with Gasteiger partial charge in [-0.3, -0.25) is 19.2 Å². The number of hydrogen-bond acceptors (Lipinski definition) is 7. The van der Waals surface area contributed by atoms with E-state index in [0.29, 0.717) is 5.69 Å². The number of H-pyrrole nitrogens is 1. The van der Waals surface area contributed by atoms with Crippen LogP contribution in [0.1, 0.15) is 24.1 Å². The van der Waals surface area contributed by atoms with Crippen molar-refractivity contribution < 1.29 is 29.1 Å². The molecule has 0 radical (unpaired) electrons. The predicted molar refractivity (Wildman–Crippen MR) is 123 cm³/mol. The molecule has 9 N–H and O–H groups in total. The summed E-state index contributed by atoms with van der Waals surface area (Å²) in [4.78, 5) is 66.5. The summed E-state index contributed by atoms with van der Waals surface area (Å²) in [5, 5.41) is 16.6. The van der Waals surface area contributed by atoms with Crippen LogP contribution in [0.15, 0.2) is 42.9 Å². The number of primary amides is 1. The first-order valence-corrected chi connectivity index (χ1v) is 10.8. The van der Waals surface area contributed by atoms with Crippen LogP contribution in [0.4, 0.5) is 0 Å². The van der Waals surface area contributed by atoms with Crippen LogP contribution in [0.3, 0.4) is 0 Å². The van der Waals surface area contributed by atoms with Crippen molar-refractivity contribution in [2.24, 2.45) is 11.5 Å². The number of aromatic amines is 1.